The van der Waals surface area contributed by atoms with E-state index in [4.69, 9.17) is 4.74 Å². The number of pyridine rings is 1. The van der Waals surface area contributed by atoms with Gasteiger partial charge in [0, 0.05) is 30.5 Å². The van der Waals surface area contributed by atoms with Crippen molar-refractivity contribution in [1.29, 1.82) is 0 Å². The highest BCUT2D eigenvalue weighted by atomic mass is 16.5. The van der Waals surface area contributed by atoms with Crippen LogP contribution in [0.25, 0.3) is 0 Å². The smallest absolute Gasteiger partial charge is 0.258 e. The lowest BCUT2D eigenvalue weighted by atomic mass is 10.1. The maximum atomic E-state index is 13.1. The van der Waals surface area contributed by atoms with E-state index in [9.17, 15) is 4.79 Å². The number of carbonyl (C=O) groups excluding carboxylic acids is 1. The van der Waals surface area contributed by atoms with E-state index in [0.29, 0.717) is 17.9 Å². The van der Waals surface area contributed by atoms with E-state index >= 15 is 0 Å². The van der Waals surface area contributed by atoms with E-state index < -0.39 is 0 Å². The van der Waals surface area contributed by atoms with Crippen molar-refractivity contribution in [3.63, 3.8) is 0 Å². The van der Waals surface area contributed by atoms with Crippen molar-refractivity contribution in [3.05, 3.63) is 83.6 Å². The number of benzene rings is 2. The molecule has 3 aromatic rings. The third kappa shape index (κ3) is 5.35. The third-order valence-corrected chi connectivity index (χ3v) is 4.76. The van der Waals surface area contributed by atoms with E-state index in [0.717, 1.165) is 30.0 Å². The molecule has 5 heteroatoms. The molecule has 29 heavy (non-hydrogen) atoms. The second kappa shape index (κ2) is 9.73. The Morgan fingerprint density at radius 1 is 1.10 bits per heavy atom. The van der Waals surface area contributed by atoms with Gasteiger partial charge in [-0.1, -0.05) is 24.3 Å². The van der Waals surface area contributed by atoms with Crippen LogP contribution in [0.2, 0.25) is 0 Å². The Morgan fingerprint density at radius 3 is 2.59 bits per heavy atom. The molecule has 3 rings (SSSR count). The summed E-state index contributed by atoms with van der Waals surface area (Å²) in [5, 5.41) is 3.31. The summed E-state index contributed by atoms with van der Waals surface area (Å²) < 4.78 is 5.18. The first kappa shape index (κ1) is 20.4. The molecule has 150 valence electrons. The van der Waals surface area contributed by atoms with Crippen molar-refractivity contribution in [2.24, 2.45) is 0 Å². The van der Waals surface area contributed by atoms with Gasteiger partial charge in [-0.05, 0) is 67.8 Å². The maximum absolute atomic E-state index is 13.1. The summed E-state index contributed by atoms with van der Waals surface area (Å²) in [4.78, 5) is 19.2. The van der Waals surface area contributed by atoms with Crippen molar-refractivity contribution < 1.29 is 9.53 Å². The number of hydrogen-bond acceptors (Lipinski definition) is 4. The predicted molar refractivity (Wildman–Crippen MR) is 118 cm³/mol. The molecule has 0 unspecified atom stereocenters. The number of methoxy groups -OCH3 is 1. The number of carbonyl (C=O) groups is 1. The largest absolute Gasteiger partial charge is 0.497 e. The van der Waals surface area contributed by atoms with Gasteiger partial charge < -0.3 is 15.0 Å². The number of aromatic nitrogens is 1. The first-order valence-electron chi connectivity index (χ1n) is 9.82. The lowest BCUT2D eigenvalue weighted by molar-refractivity contribution is 0.0988. The summed E-state index contributed by atoms with van der Waals surface area (Å²) in [5.41, 5.74) is 3.87. The predicted octanol–water partition coefficient (Wildman–Crippen LogP) is 4.72. The fourth-order valence-corrected chi connectivity index (χ4v) is 3.18. The average Bonchev–Trinajstić information content (AvgIpc) is 2.75. The van der Waals surface area contributed by atoms with Crippen LogP contribution in [-0.4, -0.2) is 31.1 Å². The molecule has 0 saturated carbocycles. The fraction of sp³-hybridized carbons (Fsp3) is 0.250. The van der Waals surface area contributed by atoms with E-state index in [1.807, 2.05) is 56.3 Å². The topological polar surface area (TPSA) is 54.5 Å². The van der Waals surface area contributed by atoms with Gasteiger partial charge in [0.05, 0.1) is 7.11 Å². The van der Waals surface area contributed by atoms with Crippen LogP contribution in [0.3, 0.4) is 0 Å². The van der Waals surface area contributed by atoms with Crippen LogP contribution < -0.4 is 15.0 Å². The van der Waals surface area contributed by atoms with Gasteiger partial charge in [-0.25, -0.2) is 4.98 Å². The highest BCUT2D eigenvalue weighted by molar-refractivity contribution is 6.06. The molecular formula is C24H27N3O2. The maximum Gasteiger partial charge on any atom is 0.258 e. The van der Waals surface area contributed by atoms with Gasteiger partial charge in [-0.3, -0.25) is 4.79 Å². The summed E-state index contributed by atoms with van der Waals surface area (Å²) in [6.07, 6.45) is 2.53. The van der Waals surface area contributed by atoms with Gasteiger partial charge in [0.1, 0.15) is 11.6 Å². The number of aryl methyl sites for hydroxylation is 1. The SMILES string of the molecule is CCN(C(=O)c1ccnc(NCCc2ccc(OC)cc2)c1)c1cccc(C)c1. The van der Waals surface area contributed by atoms with Gasteiger partial charge in [0.2, 0.25) is 0 Å². The minimum atomic E-state index is -0.0290. The molecule has 0 fully saturated rings. The minimum Gasteiger partial charge on any atom is -0.497 e. The summed E-state index contributed by atoms with van der Waals surface area (Å²) in [7, 11) is 1.66. The molecule has 5 nitrogen and oxygen atoms in total. The Hall–Kier alpha value is -3.34. The third-order valence-electron chi connectivity index (χ3n) is 4.76. The normalized spacial score (nSPS) is 10.4. The molecule has 0 radical (unpaired) electrons. The van der Waals surface area contributed by atoms with Gasteiger partial charge in [-0.2, -0.15) is 0 Å². The van der Waals surface area contributed by atoms with Crippen molar-refractivity contribution in [2.45, 2.75) is 20.3 Å². The van der Waals surface area contributed by atoms with Crippen LogP contribution in [0.5, 0.6) is 5.75 Å². The second-order valence-corrected chi connectivity index (χ2v) is 6.84. The Morgan fingerprint density at radius 2 is 1.90 bits per heavy atom. The molecule has 0 aliphatic heterocycles. The number of hydrogen-bond donors (Lipinski definition) is 1. The molecule has 0 saturated heterocycles. The molecule has 0 bridgehead atoms. The molecule has 0 aliphatic rings. The van der Waals surface area contributed by atoms with Crippen molar-refractivity contribution in [1.82, 2.24) is 4.98 Å². The van der Waals surface area contributed by atoms with Crippen LogP contribution in [-0.2, 0) is 6.42 Å². The fourth-order valence-electron chi connectivity index (χ4n) is 3.18. The standard InChI is InChI=1S/C24H27N3O2/c1-4-27(21-7-5-6-18(2)16-21)24(28)20-13-15-26-23(17-20)25-14-12-19-8-10-22(29-3)11-9-19/h5-11,13,15-17H,4,12,14H2,1-3H3,(H,25,26). The lowest BCUT2D eigenvalue weighted by Crippen LogP contribution is -2.30. The molecule has 1 aromatic heterocycles. The zero-order valence-corrected chi connectivity index (χ0v) is 17.2. The quantitative estimate of drug-likeness (QED) is 0.606. The Kier molecular flexibility index (Phi) is 6.85. The number of rotatable bonds is 8. The van der Waals surface area contributed by atoms with Crippen LogP contribution >= 0.6 is 0 Å². The van der Waals surface area contributed by atoms with Crippen LogP contribution in [0.1, 0.15) is 28.4 Å². The zero-order valence-electron chi connectivity index (χ0n) is 17.2. The van der Waals surface area contributed by atoms with Gasteiger partial charge in [-0.15, -0.1) is 0 Å². The van der Waals surface area contributed by atoms with Gasteiger partial charge in [0.25, 0.3) is 5.91 Å². The number of nitrogens with zero attached hydrogens (tertiary/aromatic N) is 2. The first-order valence-corrected chi connectivity index (χ1v) is 9.82. The second-order valence-electron chi connectivity index (χ2n) is 6.84. The molecule has 0 aliphatic carbocycles. The molecule has 1 N–H and O–H groups in total. The Labute approximate surface area is 172 Å². The zero-order chi connectivity index (χ0) is 20.6. The first-order chi connectivity index (χ1) is 14.1. The molecular weight excluding hydrogens is 362 g/mol. The van der Waals surface area contributed by atoms with Crippen molar-refractivity contribution >= 4 is 17.4 Å². The van der Waals surface area contributed by atoms with Crippen LogP contribution in [0.4, 0.5) is 11.5 Å². The number of amides is 1. The average molecular weight is 389 g/mol. The summed E-state index contributed by atoms with van der Waals surface area (Å²) >= 11 is 0. The van der Waals surface area contributed by atoms with Gasteiger partial charge >= 0.3 is 0 Å². The highest BCUT2D eigenvalue weighted by Gasteiger charge is 2.16. The monoisotopic (exact) mass is 389 g/mol. The summed E-state index contributed by atoms with van der Waals surface area (Å²) in [5.74, 6) is 1.52. The van der Waals surface area contributed by atoms with E-state index in [2.05, 4.69) is 22.4 Å². The van der Waals surface area contributed by atoms with Crippen molar-refractivity contribution in [2.75, 3.05) is 30.4 Å². The molecule has 0 spiro atoms. The van der Waals surface area contributed by atoms with E-state index in [1.165, 1.54) is 5.56 Å². The molecule has 1 heterocycles. The summed E-state index contributed by atoms with van der Waals surface area (Å²) in [6.45, 7) is 5.34. The molecule has 2 aromatic carbocycles. The number of ether oxygens (including phenoxy) is 1. The minimum absolute atomic E-state index is 0.0290. The molecule has 1 amide bonds. The van der Waals surface area contributed by atoms with Gasteiger partial charge in [0.15, 0.2) is 0 Å². The number of anilines is 2. The van der Waals surface area contributed by atoms with E-state index in [-0.39, 0.29) is 5.91 Å². The van der Waals surface area contributed by atoms with Crippen molar-refractivity contribution in [3.8, 4) is 5.75 Å². The summed E-state index contributed by atoms with van der Waals surface area (Å²) in [6, 6.07) is 19.6. The lowest BCUT2D eigenvalue weighted by Gasteiger charge is -2.21. The highest BCUT2D eigenvalue weighted by Crippen LogP contribution is 2.19. The van der Waals surface area contributed by atoms with E-state index in [1.54, 1.807) is 24.3 Å². The van der Waals surface area contributed by atoms with Crippen LogP contribution in [0, 0.1) is 6.92 Å². The Bertz CT molecular complexity index is 954. The Balaban J connectivity index is 1.65. The molecule has 0 atom stereocenters. The van der Waals surface area contributed by atoms with Crippen LogP contribution in [0.15, 0.2) is 66.9 Å². The number of nitrogens with one attached hydrogen (secondary N) is 1.